The monoisotopic (exact) mass is 432 g/mol. The highest BCUT2D eigenvalue weighted by Gasteiger charge is 2.24. The molecule has 152 valence electrons. The van der Waals surface area contributed by atoms with Crippen molar-refractivity contribution in [3.05, 3.63) is 30.1 Å². The average Bonchev–Trinajstić information content (AvgIpc) is 2.98. The van der Waals surface area contributed by atoms with E-state index in [2.05, 4.69) is 16.6 Å². The predicted octanol–water partition coefficient (Wildman–Crippen LogP) is 3.77. The highest BCUT2D eigenvalue weighted by molar-refractivity contribution is 7.97. The van der Waals surface area contributed by atoms with Crippen LogP contribution in [0.5, 0.6) is 0 Å². The Kier molecular flexibility index (Phi) is 10.5. The van der Waals surface area contributed by atoms with Gasteiger partial charge in [-0.15, -0.1) is 24.8 Å². The molecule has 1 aromatic heterocycles. The van der Waals surface area contributed by atoms with E-state index in [0.29, 0.717) is 19.0 Å². The fourth-order valence-corrected chi connectivity index (χ4v) is 4.32. The molecule has 5 nitrogen and oxygen atoms in total. The Morgan fingerprint density at radius 2 is 2.00 bits per heavy atom. The van der Waals surface area contributed by atoms with Gasteiger partial charge in [-0.05, 0) is 37.1 Å². The number of benzene rings is 1. The molecule has 0 aliphatic heterocycles. The van der Waals surface area contributed by atoms with Gasteiger partial charge in [0.25, 0.3) is 0 Å². The first-order chi connectivity index (χ1) is 12.2. The number of hydrogen-bond donors (Lipinski definition) is 2. The topological polar surface area (TPSA) is 72.9 Å². The van der Waals surface area contributed by atoms with E-state index in [0.717, 1.165) is 22.6 Å². The molecule has 0 bridgehead atoms. The van der Waals surface area contributed by atoms with E-state index >= 15 is 0 Å². The van der Waals surface area contributed by atoms with Gasteiger partial charge >= 0.3 is 0 Å². The zero-order valence-corrected chi connectivity index (χ0v) is 18.2. The number of nitrogens with one attached hydrogen (secondary N) is 1. The first-order valence-electron chi connectivity index (χ1n) is 9.15. The summed E-state index contributed by atoms with van der Waals surface area (Å²) in [5.41, 5.74) is 7.92. The highest BCUT2D eigenvalue weighted by atomic mass is 35.5. The van der Waals surface area contributed by atoms with E-state index in [9.17, 15) is 4.79 Å². The van der Waals surface area contributed by atoms with Gasteiger partial charge < -0.3 is 15.6 Å². The molecular formula is C19H30Cl2N4OS. The van der Waals surface area contributed by atoms with Crippen LogP contribution >= 0.6 is 36.6 Å². The maximum Gasteiger partial charge on any atom is 0.240 e. The molecule has 1 fully saturated rings. The normalized spacial score (nSPS) is 15.6. The number of hydrogen-bond acceptors (Lipinski definition) is 4. The van der Waals surface area contributed by atoms with Crippen molar-refractivity contribution in [3.8, 4) is 0 Å². The van der Waals surface area contributed by atoms with Crippen molar-refractivity contribution in [2.45, 2.75) is 50.4 Å². The minimum Gasteiger partial charge on any atom is -0.350 e. The molecule has 1 aromatic carbocycles. The molecule has 1 aliphatic rings. The quantitative estimate of drug-likeness (QED) is 0.697. The summed E-state index contributed by atoms with van der Waals surface area (Å²) in [5.74, 6) is 2.30. The highest BCUT2D eigenvalue weighted by Crippen LogP contribution is 2.26. The number of imidazole rings is 1. The molecule has 1 amide bonds. The number of fused-ring (bicyclic) bond motifs is 1. The largest absolute Gasteiger partial charge is 0.350 e. The number of rotatable bonds is 7. The minimum absolute atomic E-state index is 0. The van der Waals surface area contributed by atoms with Crippen molar-refractivity contribution in [2.75, 3.05) is 12.8 Å². The van der Waals surface area contributed by atoms with Gasteiger partial charge in [-0.25, -0.2) is 4.98 Å². The zero-order valence-electron chi connectivity index (χ0n) is 15.7. The fourth-order valence-electron chi connectivity index (χ4n) is 3.84. The smallest absolute Gasteiger partial charge is 0.240 e. The number of para-hydroxylation sites is 2. The summed E-state index contributed by atoms with van der Waals surface area (Å²) in [6.45, 7) is 0.818. The van der Waals surface area contributed by atoms with Crippen LogP contribution in [0.15, 0.2) is 24.3 Å². The summed E-state index contributed by atoms with van der Waals surface area (Å²) in [6, 6.07) is 8.09. The molecule has 3 rings (SSSR count). The van der Waals surface area contributed by atoms with Crippen LogP contribution in [0.1, 0.15) is 37.9 Å². The van der Waals surface area contributed by atoms with Gasteiger partial charge in [-0.2, -0.15) is 11.8 Å². The maximum atomic E-state index is 12.7. The number of aromatic nitrogens is 2. The molecule has 27 heavy (non-hydrogen) atoms. The average molecular weight is 433 g/mol. The van der Waals surface area contributed by atoms with Crippen LogP contribution in [-0.2, 0) is 17.1 Å². The second-order valence-electron chi connectivity index (χ2n) is 6.84. The van der Waals surface area contributed by atoms with Gasteiger partial charge in [-0.3, -0.25) is 4.79 Å². The number of halogens is 2. The third kappa shape index (κ3) is 6.01. The molecule has 1 unspecified atom stereocenters. The van der Waals surface area contributed by atoms with Gasteiger partial charge in [-0.1, -0.05) is 31.4 Å². The summed E-state index contributed by atoms with van der Waals surface area (Å²) in [7, 11) is 0. The van der Waals surface area contributed by atoms with Crippen LogP contribution in [0.4, 0.5) is 0 Å². The van der Waals surface area contributed by atoms with E-state index in [-0.39, 0.29) is 36.8 Å². The lowest BCUT2D eigenvalue weighted by Gasteiger charge is -2.30. The number of carbonyl (C=O) groups is 1. The van der Waals surface area contributed by atoms with Crippen molar-refractivity contribution in [2.24, 2.45) is 11.7 Å². The minimum atomic E-state index is 0. The first kappa shape index (κ1) is 24.1. The van der Waals surface area contributed by atoms with Crippen molar-refractivity contribution < 1.29 is 4.79 Å². The SMILES string of the molecule is CSCc1nc2ccccc2n1CC(=O)NC(CN)C1CCCCC1.Cl.Cl. The van der Waals surface area contributed by atoms with Crippen LogP contribution in [0.2, 0.25) is 0 Å². The Morgan fingerprint density at radius 1 is 1.30 bits per heavy atom. The first-order valence-corrected chi connectivity index (χ1v) is 10.5. The Hall–Kier alpha value is -0.950. The lowest BCUT2D eigenvalue weighted by atomic mass is 9.84. The standard InChI is InChI=1S/C19H28N4OS.2ClH/c1-25-13-18-21-15-9-5-6-10-17(15)23(18)12-19(24)22-16(11-20)14-7-3-2-4-8-14;;/h5-6,9-10,14,16H,2-4,7-8,11-13,20H2,1H3,(H,22,24);2*1H. The van der Waals surface area contributed by atoms with Crippen LogP contribution in [-0.4, -0.2) is 34.3 Å². The molecular weight excluding hydrogens is 403 g/mol. The maximum absolute atomic E-state index is 12.7. The molecule has 0 saturated heterocycles. The zero-order chi connectivity index (χ0) is 17.6. The molecule has 2 aromatic rings. The van der Waals surface area contributed by atoms with Crippen LogP contribution < -0.4 is 11.1 Å². The number of nitrogens with two attached hydrogens (primary N) is 1. The van der Waals surface area contributed by atoms with E-state index in [1.54, 1.807) is 11.8 Å². The predicted molar refractivity (Wildman–Crippen MR) is 119 cm³/mol. The summed E-state index contributed by atoms with van der Waals surface area (Å²) in [6.07, 6.45) is 8.21. The summed E-state index contributed by atoms with van der Waals surface area (Å²) in [4.78, 5) is 17.4. The molecule has 3 N–H and O–H groups in total. The molecule has 1 saturated carbocycles. The van der Waals surface area contributed by atoms with Crippen molar-refractivity contribution in [1.29, 1.82) is 0 Å². The van der Waals surface area contributed by atoms with Crippen LogP contribution in [0.3, 0.4) is 0 Å². The second kappa shape index (κ2) is 11.8. The van der Waals surface area contributed by atoms with E-state index < -0.39 is 0 Å². The number of carbonyl (C=O) groups excluding carboxylic acids is 1. The third-order valence-electron chi connectivity index (χ3n) is 5.13. The molecule has 0 spiro atoms. The lowest BCUT2D eigenvalue weighted by Crippen LogP contribution is -2.47. The third-order valence-corrected chi connectivity index (χ3v) is 5.67. The number of thioether (sulfide) groups is 1. The van der Waals surface area contributed by atoms with Gasteiger partial charge in [0.05, 0.1) is 16.8 Å². The van der Waals surface area contributed by atoms with E-state index in [1.165, 1.54) is 32.1 Å². The number of amides is 1. The molecule has 8 heteroatoms. The second-order valence-corrected chi connectivity index (χ2v) is 7.71. The Morgan fingerprint density at radius 3 is 2.67 bits per heavy atom. The van der Waals surface area contributed by atoms with E-state index in [1.807, 2.05) is 28.8 Å². The van der Waals surface area contributed by atoms with Crippen molar-refractivity contribution in [1.82, 2.24) is 14.9 Å². The lowest BCUT2D eigenvalue weighted by molar-refractivity contribution is -0.122. The molecule has 1 heterocycles. The van der Waals surface area contributed by atoms with Crippen LogP contribution in [0, 0.1) is 5.92 Å². The molecule has 1 aliphatic carbocycles. The summed E-state index contributed by atoms with van der Waals surface area (Å²) in [5, 5.41) is 3.19. The number of nitrogens with zero attached hydrogens (tertiary/aromatic N) is 2. The Balaban J connectivity index is 0.00000182. The summed E-state index contributed by atoms with van der Waals surface area (Å²) < 4.78 is 2.04. The van der Waals surface area contributed by atoms with Gasteiger partial charge in [0.15, 0.2) is 0 Å². The molecule has 1 atom stereocenters. The van der Waals surface area contributed by atoms with Crippen LogP contribution in [0.25, 0.3) is 11.0 Å². The van der Waals surface area contributed by atoms with Gasteiger partial charge in [0.1, 0.15) is 12.4 Å². The summed E-state index contributed by atoms with van der Waals surface area (Å²) >= 11 is 1.72. The van der Waals surface area contributed by atoms with E-state index in [4.69, 9.17) is 5.73 Å². The Labute approximate surface area is 178 Å². The van der Waals surface area contributed by atoms with Gasteiger partial charge in [0, 0.05) is 12.6 Å². The van der Waals surface area contributed by atoms with Crippen molar-refractivity contribution in [3.63, 3.8) is 0 Å². The molecule has 0 radical (unpaired) electrons. The van der Waals surface area contributed by atoms with Gasteiger partial charge in [0.2, 0.25) is 5.91 Å². The Bertz CT molecular complexity index is 719. The fraction of sp³-hybridized carbons (Fsp3) is 0.579. The van der Waals surface area contributed by atoms with Crippen molar-refractivity contribution >= 4 is 53.5 Å².